The highest BCUT2D eigenvalue weighted by Crippen LogP contribution is 2.34. The van der Waals surface area contributed by atoms with Crippen LogP contribution >= 0.6 is 0 Å². The van der Waals surface area contributed by atoms with Crippen LogP contribution in [0.3, 0.4) is 0 Å². The Morgan fingerprint density at radius 1 is 1.32 bits per heavy atom. The van der Waals surface area contributed by atoms with Crippen molar-refractivity contribution in [2.45, 2.75) is 38.9 Å². The first-order valence-electron chi connectivity index (χ1n) is 8.41. The zero-order chi connectivity index (χ0) is 17.8. The van der Waals surface area contributed by atoms with Gasteiger partial charge in [-0.1, -0.05) is 6.07 Å². The number of nitrogens with one attached hydrogen (secondary N) is 1. The summed E-state index contributed by atoms with van der Waals surface area (Å²) in [5, 5.41) is 2.73. The van der Waals surface area contributed by atoms with E-state index in [-0.39, 0.29) is 24.1 Å². The highest BCUT2D eigenvalue weighted by molar-refractivity contribution is 5.72. The summed E-state index contributed by atoms with van der Waals surface area (Å²) < 4.78 is 27.9. The molecule has 4 nitrogen and oxygen atoms in total. The standard InChI is InChI=1S/C19H21F2N3O/c1-13(25)23-11-15-10-14(7-8-22-15)19-6-3-9-24(19)12-16-17(20)4-2-5-18(16)21/h2,4-5,7-8,10,19H,3,6,9,11-12H2,1H3,(H,23,25)/t19-/m1/s1. The largest absolute Gasteiger partial charge is 0.351 e. The van der Waals surface area contributed by atoms with Crippen LogP contribution in [0.1, 0.15) is 42.6 Å². The van der Waals surface area contributed by atoms with Gasteiger partial charge in [0.15, 0.2) is 0 Å². The fourth-order valence-corrected chi connectivity index (χ4v) is 3.30. The zero-order valence-corrected chi connectivity index (χ0v) is 14.1. The average Bonchev–Trinajstić information content (AvgIpc) is 3.05. The summed E-state index contributed by atoms with van der Waals surface area (Å²) in [6.45, 7) is 2.87. The minimum Gasteiger partial charge on any atom is -0.351 e. The first-order chi connectivity index (χ1) is 12.0. The van der Waals surface area contributed by atoms with Crippen LogP contribution in [0.4, 0.5) is 8.78 Å². The van der Waals surface area contributed by atoms with Gasteiger partial charge in [0.1, 0.15) is 11.6 Å². The Morgan fingerprint density at radius 3 is 2.80 bits per heavy atom. The van der Waals surface area contributed by atoms with Gasteiger partial charge in [-0.25, -0.2) is 8.78 Å². The Bertz CT molecular complexity index is 746. The van der Waals surface area contributed by atoms with Gasteiger partial charge in [0.05, 0.1) is 12.2 Å². The second kappa shape index (κ2) is 7.70. The van der Waals surface area contributed by atoms with E-state index in [0.29, 0.717) is 6.54 Å². The van der Waals surface area contributed by atoms with Crippen molar-refractivity contribution in [3.05, 3.63) is 65.0 Å². The molecule has 1 aromatic heterocycles. The van der Waals surface area contributed by atoms with E-state index < -0.39 is 11.6 Å². The Morgan fingerprint density at radius 2 is 2.08 bits per heavy atom. The van der Waals surface area contributed by atoms with E-state index in [1.54, 1.807) is 6.20 Å². The summed E-state index contributed by atoms with van der Waals surface area (Å²) in [5.74, 6) is -1.12. The van der Waals surface area contributed by atoms with E-state index in [2.05, 4.69) is 15.2 Å². The third-order valence-electron chi connectivity index (χ3n) is 4.53. The summed E-state index contributed by atoms with van der Waals surface area (Å²) in [6.07, 6.45) is 3.62. The number of carbonyl (C=O) groups excluding carboxylic acids is 1. The molecule has 3 rings (SSSR count). The van der Waals surface area contributed by atoms with E-state index in [4.69, 9.17) is 0 Å². The number of likely N-dealkylation sites (tertiary alicyclic amines) is 1. The smallest absolute Gasteiger partial charge is 0.217 e. The van der Waals surface area contributed by atoms with Gasteiger partial charge in [-0.3, -0.25) is 14.7 Å². The predicted octanol–water partition coefficient (Wildman–Crippen LogP) is 3.33. The number of aromatic nitrogens is 1. The molecule has 0 radical (unpaired) electrons. The molecule has 0 aliphatic carbocycles. The van der Waals surface area contributed by atoms with Crippen molar-refractivity contribution in [2.75, 3.05) is 6.54 Å². The van der Waals surface area contributed by atoms with Gasteiger partial charge >= 0.3 is 0 Å². The molecule has 0 bridgehead atoms. The number of nitrogens with zero attached hydrogens (tertiary/aromatic N) is 2. The molecule has 6 heteroatoms. The molecule has 1 saturated heterocycles. The normalized spacial score (nSPS) is 17.6. The van der Waals surface area contributed by atoms with Gasteiger partial charge in [0.2, 0.25) is 5.91 Å². The Balaban J connectivity index is 1.77. The van der Waals surface area contributed by atoms with Crippen molar-refractivity contribution in [2.24, 2.45) is 0 Å². The molecule has 1 fully saturated rings. The molecular weight excluding hydrogens is 324 g/mol. The number of hydrogen-bond acceptors (Lipinski definition) is 3. The van der Waals surface area contributed by atoms with Crippen molar-refractivity contribution in [3.8, 4) is 0 Å². The van der Waals surface area contributed by atoms with Crippen molar-refractivity contribution in [1.82, 2.24) is 15.2 Å². The quantitative estimate of drug-likeness (QED) is 0.904. The van der Waals surface area contributed by atoms with Crippen LogP contribution in [0.5, 0.6) is 0 Å². The summed E-state index contributed by atoms with van der Waals surface area (Å²) in [5.41, 5.74) is 1.95. The summed E-state index contributed by atoms with van der Waals surface area (Å²) in [6, 6.07) is 7.95. The van der Waals surface area contributed by atoms with Crippen LogP contribution in [0.25, 0.3) is 0 Å². The second-order valence-electron chi connectivity index (χ2n) is 6.32. The van der Waals surface area contributed by atoms with E-state index in [1.807, 2.05) is 12.1 Å². The predicted molar refractivity (Wildman–Crippen MR) is 90.5 cm³/mol. The van der Waals surface area contributed by atoms with Crippen LogP contribution in [0.2, 0.25) is 0 Å². The minimum absolute atomic E-state index is 0.0954. The fraction of sp³-hybridized carbons (Fsp3) is 0.368. The highest BCUT2D eigenvalue weighted by Gasteiger charge is 2.27. The number of hydrogen-bond donors (Lipinski definition) is 1. The van der Waals surface area contributed by atoms with Gasteiger partial charge in [-0.15, -0.1) is 0 Å². The molecule has 25 heavy (non-hydrogen) atoms. The lowest BCUT2D eigenvalue weighted by Gasteiger charge is -2.25. The Kier molecular flexibility index (Phi) is 5.38. The van der Waals surface area contributed by atoms with E-state index in [1.165, 1.54) is 25.1 Å². The van der Waals surface area contributed by atoms with E-state index >= 15 is 0 Å². The van der Waals surface area contributed by atoms with Crippen molar-refractivity contribution >= 4 is 5.91 Å². The van der Waals surface area contributed by atoms with E-state index in [9.17, 15) is 13.6 Å². The zero-order valence-electron chi connectivity index (χ0n) is 14.1. The summed E-state index contributed by atoms with van der Waals surface area (Å²) in [7, 11) is 0. The van der Waals surface area contributed by atoms with Crippen LogP contribution in [0, 0.1) is 11.6 Å². The molecule has 0 unspecified atom stereocenters. The molecule has 1 amide bonds. The molecule has 2 heterocycles. The molecule has 2 aromatic rings. The van der Waals surface area contributed by atoms with Gasteiger partial charge in [0.25, 0.3) is 0 Å². The van der Waals surface area contributed by atoms with Crippen LogP contribution in [0.15, 0.2) is 36.5 Å². The summed E-state index contributed by atoms with van der Waals surface area (Å²) >= 11 is 0. The molecule has 1 N–H and O–H groups in total. The van der Waals surface area contributed by atoms with Gasteiger partial charge in [-0.2, -0.15) is 0 Å². The van der Waals surface area contributed by atoms with Crippen LogP contribution in [-0.4, -0.2) is 22.3 Å². The van der Waals surface area contributed by atoms with Crippen molar-refractivity contribution in [3.63, 3.8) is 0 Å². The lowest BCUT2D eigenvalue weighted by molar-refractivity contribution is -0.119. The molecule has 0 spiro atoms. The first-order valence-corrected chi connectivity index (χ1v) is 8.41. The molecule has 1 atom stereocenters. The Labute approximate surface area is 145 Å². The monoisotopic (exact) mass is 345 g/mol. The van der Waals surface area contributed by atoms with Crippen LogP contribution in [-0.2, 0) is 17.9 Å². The number of carbonyl (C=O) groups is 1. The number of halogens is 2. The molecule has 1 aromatic carbocycles. The SMILES string of the molecule is CC(=O)NCc1cc([C@H]2CCCN2Cc2c(F)cccc2F)ccn1. The second-order valence-corrected chi connectivity index (χ2v) is 6.32. The van der Waals surface area contributed by atoms with E-state index in [0.717, 1.165) is 30.6 Å². The number of rotatable bonds is 5. The van der Waals surface area contributed by atoms with Crippen molar-refractivity contribution < 1.29 is 13.6 Å². The van der Waals surface area contributed by atoms with Gasteiger partial charge in [0, 0.05) is 31.3 Å². The molecule has 1 aliphatic heterocycles. The third kappa shape index (κ3) is 4.20. The fourth-order valence-electron chi connectivity index (χ4n) is 3.30. The van der Waals surface area contributed by atoms with Gasteiger partial charge in [-0.05, 0) is 49.2 Å². The van der Waals surface area contributed by atoms with Gasteiger partial charge < -0.3 is 5.32 Å². The third-order valence-corrected chi connectivity index (χ3v) is 4.53. The molecule has 132 valence electrons. The van der Waals surface area contributed by atoms with Crippen LogP contribution < -0.4 is 5.32 Å². The number of benzene rings is 1. The molecule has 1 aliphatic rings. The molecular formula is C19H21F2N3O. The lowest BCUT2D eigenvalue weighted by atomic mass is 10.0. The minimum atomic E-state index is -0.508. The molecule has 0 saturated carbocycles. The highest BCUT2D eigenvalue weighted by atomic mass is 19.1. The lowest BCUT2D eigenvalue weighted by Crippen LogP contribution is -2.24. The maximum absolute atomic E-state index is 14.0. The van der Waals surface area contributed by atoms with Crippen molar-refractivity contribution in [1.29, 1.82) is 0 Å². The maximum atomic E-state index is 14.0. The topological polar surface area (TPSA) is 45.2 Å². The first kappa shape index (κ1) is 17.5. The summed E-state index contributed by atoms with van der Waals surface area (Å²) in [4.78, 5) is 17.4. The Hall–Kier alpha value is -2.34. The average molecular weight is 345 g/mol. The number of amides is 1. The maximum Gasteiger partial charge on any atom is 0.217 e. The number of pyridine rings is 1.